The fourth-order valence-corrected chi connectivity index (χ4v) is 3.80. The molecule has 0 aromatic heterocycles. The molecule has 3 rings (SSSR count). The third-order valence-electron chi connectivity index (χ3n) is 4.90. The molecule has 1 aliphatic carbocycles. The van der Waals surface area contributed by atoms with Crippen molar-refractivity contribution in [1.82, 2.24) is 10.4 Å². The Morgan fingerprint density at radius 2 is 1.93 bits per heavy atom. The molecule has 0 aliphatic heterocycles. The van der Waals surface area contributed by atoms with Gasteiger partial charge in [-0.1, -0.05) is 18.2 Å². The van der Waals surface area contributed by atoms with Gasteiger partial charge in [-0.2, -0.15) is 0 Å². The summed E-state index contributed by atoms with van der Waals surface area (Å²) in [6.45, 7) is 2.12. The molecule has 4 nitrogen and oxygen atoms in total. The quantitative estimate of drug-likeness (QED) is 0.408. The van der Waals surface area contributed by atoms with E-state index in [2.05, 4.69) is 35.7 Å². The van der Waals surface area contributed by atoms with E-state index in [0.29, 0.717) is 11.5 Å². The Balaban J connectivity index is 1.97. The van der Waals surface area contributed by atoms with Crippen molar-refractivity contribution in [2.24, 2.45) is 0 Å². The fourth-order valence-electron chi connectivity index (χ4n) is 3.39. The first-order chi connectivity index (χ1) is 13.4. The highest BCUT2D eigenvalue weighted by molar-refractivity contribution is 7.98. The van der Waals surface area contributed by atoms with Gasteiger partial charge in [0.05, 0.1) is 6.54 Å². The summed E-state index contributed by atoms with van der Waals surface area (Å²) in [5.74, 6) is -0.304. The average molecular weight is 399 g/mol. The highest BCUT2D eigenvalue weighted by Gasteiger charge is 2.25. The molecule has 0 radical (unpaired) electrons. The number of rotatable bonds is 5. The number of halogens is 1. The minimum Gasteiger partial charge on any atom is -0.339 e. The zero-order chi connectivity index (χ0) is 20.3. The Bertz CT molecular complexity index is 952. The van der Waals surface area contributed by atoms with E-state index in [1.54, 1.807) is 17.8 Å². The van der Waals surface area contributed by atoms with Crippen LogP contribution >= 0.6 is 11.8 Å². The second kappa shape index (κ2) is 8.63. The number of hydrogen-bond donors (Lipinski definition) is 2. The van der Waals surface area contributed by atoms with Crippen molar-refractivity contribution in [3.63, 3.8) is 0 Å². The highest BCUT2D eigenvalue weighted by Crippen LogP contribution is 2.43. The predicted octanol–water partition coefficient (Wildman–Crippen LogP) is 5.30. The molecule has 146 valence electrons. The van der Waals surface area contributed by atoms with Gasteiger partial charge in [-0.05, 0) is 83.4 Å². The lowest BCUT2D eigenvalue weighted by molar-refractivity contribution is -0.0403. The number of urea groups is 1. The number of hydrogen-bond acceptors (Lipinski definition) is 3. The zero-order valence-electron chi connectivity index (χ0n) is 16.1. The van der Waals surface area contributed by atoms with E-state index in [9.17, 15) is 14.4 Å². The van der Waals surface area contributed by atoms with Crippen LogP contribution in [0.1, 0.15) is 30.0 Å². The summed E-state index contributed by atoms with van der Waals surface area (Å²) in [6, 6.07) is 12.5. The zero-order valence-corrected chi connectivity index (χ0v) is 16.9. The summed E-state index contributed by atoms with van der Waals surface area (Å²) in [5, 5.41) is 12.8. The number of thioether (sulfide) groups is 1. The topological polar surface area (TPSA) is 52.6 Å². The first-order valence-corrected chi connectivity index (χ1v) is 10.2. The summed E-state index contributed by atoms with van der Waals surface area (Å²) >= 11 is 1.69. The van der Waals surface area contributed by atoms with E-state index < -0.39 is 6.03 Å². The molecular formula is C22H23FN2O2S. The lowest BCUT2D eigenvalue weighted by Crippen LogP contribution is -2.36. The van der Waals surface area contributed by atoms with Crippen LogP contribution in [0.4, 0.5) is 9.18 Å². The molecule has 0 spiro atoms. The Labute approximate surface area is 168 Å². The van der Waals surface area contributed by atoms with Crippen molar-refractivity contribution >= 4 is 35.0 Å². The van der Waals surface area contributed by atoms with E-state index in [1.165, 1.54) is 24.1 Å². The molecule has 0 heterocycles. The molecule has 2 N–H and O–H groups in total. The lowest BCUT2D eigenvalue weighted by Gasteiger charge is -2.15. The average Bonchev–Trinajstić information content (AvgIpc) is 2.96. The first kappa shape index (κ1) is 20.2. The van der Waals surface area contributed by atoms with Gasteiger partial charge in [0.15, 0.2) is 0 Å². The summed E-state index contributed by atoms with van der Waals surface area (Å²) in [6.07, 6.45) is 4.56. The molecule has 6 heteroatoms. The van der Waals surface area contributed by atoms with Gasteiger partial charge in [-0.15, -0.1) is 11.8 Å². The summed E-state index contributed by atoms with van der Waals surface area (Å²) in [7, 11) is 1.46. The van der Waals surface area contributed by atoms with Gasteiger partial charge < -0.3 is 5.32 Å². The van der Waals surface area contributed by atoms with Crippen molar-refractivity contribution in [2.45, 2.75) is 18.2 Å². The molecule has 0 unspecified atom stereocenters. The summed E-state index contributed by atoms with van der Waals surface area (Å²) in [4.78, 5) is 12.7. The van der Waals surface area contributed by atoms with Gasteiger partial charge in [0.25, 0.3) is 0 Å². The number of amides is 2. The molecule has 0 saturated carbocycles. The standard InChI is InChI=1S/C22H23FN2O2S/c1-14-18(10-11-25(27)22(26)24-2)21-13-16(23)6-9-19(21)20(14)12-15-4-7-17(28-3)8-5-15/h4-9,12-13,27H,10-11H2,1-3H3,(H,24,26)/b20-12-. The van der Waals surface area contributed by atoms with Crippen molar-refractivity contribution in [1.29, 1.82) is 0 Å². The first-order valence-electron chi connectivity index (χ1n) is 8.99. The molecule has 0 bridgehead atoms. The number of nitrogens with zero attached hydrogens (tertiary/aromatic N) is 1. The minimum atomic E-state index is -0.569. The number of benzene rings is 2. The third-order valence-corrected chi connectivity index (χ3v) is 5.65. The van der Waals surface area contributed by atoms with Gasteiger partial charge in [0.1, 0.15) is 5.82 Å². The highest BCUT2D eigenvalue weighted by atomic mass is 32.2. The smallest absolute Gasteiger partial charge is 0.339 e. The van der Waals surface area contributed by atoms with Crippen molar-refractivity contribution in [3.8, 4) is 0 Å². The van der Waals surface area contributed by atoms with Crippen molar-refractivity contribution in [2.75, 3.05) is 19.8 Å². The maximum atomic E-state index is 13.9. The van der Waals surface area contributed by atoms with Crippen LogP contribution in [0.15, 0.2) is 52.9 Å². The molecular weight excluding hydrogens is 375 g/mol. The number of carbonyl (C=O) groups is 1. The second-order valence-corrected chi connectivity index (χ2v) is 7.43. The normalized spacial score (nSPS) is 14.4. The van der Waals surface area contributed by atoms with Crippen LogP contribution in [0.2, 0.25) is 0 Å². The molecule has 28 heavy (non-hydrogen) atoms. The number of allylic oxidation sites excluding steroid dienone is 2. The van der Waals surface area contributed by atoms with Gasteiger partial charge in [0, 0.05) is 11.9 Å². The van der Waals surface area contributed by atoms with E-state index in [0.717, 1.165) is 33.4 Å². The maximum absolute atomic E-state index is 13.9. The SMILES string of the molecule is CNC(=O)N(O)CCC1=C(C)/C(=C/c2ccc(SC)cc2)c2ccc(F)cc21. The molecule has 2 amide bonds. The van der Waals surface area contributed by atoms with Gasteiger partial charge in [0.2, 0.25) is 0 Å². The summed E-state index contributed by atoms with van der Waals surface area (Å²) in [5.41, 5.74) is 5.84. The van der Waals surface area contributed by atoms with E-state index in [1.807, 2.05) is 13.2 Å². The van der Waals surface area contributed by atoms with Crippen LogP contribution in [-0.2, 0) is 0 Å². The molecule has 0 fully saturated rings. The van der Waals surface area contributed by atoms with Crippen molar-refractivity contribution in [3.05, 3.63) is 70.5 Å². The molecule has 0 saturated heterocycles. The van der Waals surface area contributed by atoms with Crippen LogP contribution in [0.25, 0.3) is 17.2 Å². The fraction of sp³-hybridized carbons (Fsp3) is 0.227. The number of fused-ring (bicyclic) bond motifs is 1. The summed E-state index contributed by atoms with van der Waals surface area (Å²) < 4.78 is 13.9. The van der Waals surface area contributed by atoms with Crippen LogP contribution in [0.5, 0.6) is 0 Å². The van der Waals surface area contributed by atoms with Gasteiger partial charge >= 0.3 is 6.03 Å². The Hall–Kier alpha value is -2.57. The van der Waals surface area contributed by atoms with Gasteiger partial charge in [-0.25, -0.2) is 14.2 Å². The van der Waals surface area contributed by atoms with E-state index in [-0.39, 0.29) is 12.4 Å². The van der Waals surface area contributed by atoms with Crippen LogP contribution in [-0.4, -0.2) is 36.1 Å². The minimum absolute atomic E-state index is 0.123. The predicted molar refractivity (Wildman–Crippen MR) is 113 cm³/mol. The molecule has 0 atom stereocenters. The molecule has 1 aliphatic rings. The van der Waals surface area contributed by atoms with Crippen molar-refractivity contribution < 1.29 is 14.4 Å². The van der Waals surface area contributed by atoms with Crippen LogP contribution < -0.4 is 5.32 Å². The number of carbonyl (C=O) groups excluding carboxylic acids is 1. The van der Waals surface area contributed by atoms with E-state index in [4.69, 9.17) is 0 Å². The van der Waals surface area contributed by atoms with Crippen LogP contribution in [0, 0.1) is 5.82 Å². The van der Waals surface area contributed by atoms with E-state index >= 15 is 0 Å². The lowest BCUT2D eigenvalue weighted by atomic mass is 10.0. The molecule has 2 aromatic carbocycles. The largest absolute Gasteiger partial charge is 0.340 e. The molecule has 2 aromatic rings. The maximum Gasteiger partial charge on any atom is 0.340 e. The Morgan fingerprint density at radius 1 is 1.21 bits per heavy atom. The van der Waals surface area contributed by atoms with Gasteiger partial charge in [-0.3, -0.25) is 5.21 Å². The van der Waals surface area contributed by atoms with Crippen LogP contribution in [0.3, 0.4) is 0 Å². The third kappa shape index (κ3) is 4.13. The number of hydroxylamine groups is 2. The monoisotopic (exact) mass is 398 g/mol. The second-order valence-electron chi connectivity index (χ2n) is 6.55. The Kier molecular flexibility index (Phi) is 6.21. The number of nitrogens with one attached hydrogen (secondary N) is 1. The Morgan fingerprint density at radius 3 is 2.57 bits per heavy atom.